The van der Waals surface area contributed by atoms with Crippen molar-refractivity contribution < 1.29 is 4.79 Å². The van der Waals surface area contributed by atoms with Crippen LogP contribution in [0.15, 0.2) is 70.1 Å². The maximum Gasteiger partial charge on any atom is 0.267 e. The van der Waals surface area contributed by atoms with E-state index >= 15 is 0 Å². The Morgan fingerprint density at radius 3 is 2.79 bits per heavy atom. The molecule has 2 aromatic carbocycles. The highest BCUT2D eigenvalue weighted by atomic mass is 79.9. The van der Waals surface area contributed by atoms with E-state index in [0.717, 1.165) is 4.47 Å². The molecule has 0 radical (unpaired) electrons. The molecule has 0 spiro atoms. The topological polar surface area (TPSA) is 76.9 Å². The molecule has 2 heterocycles. The van der Waals surface area contributed by atoms with Crippen molar-refractivity contribution in [1.29, 1.82) is 0 Å². The average molecular weight is 470 g/mol. The second-order valence-electron chi connectivity index (χ2n) is 6.30. The molecule has 6 nitrogen and oxygen atoms in total. The van der Waals surface area contributed by atoms with Crippen LogP contribution in [0.3, 0.4) is 0 Å². The van der Waals surface area contributed by atoms with Crippen LogP contribution in [0.5, 0.6) is 0 Å². The van der Waals surface area contributed by atoms with Crippen molar-refractivity contribution in [2.24, 2.45) is 0 Å². The van der Waals surface area contributed by atoms with Crippen LogP contribution in [0.2, 0.25) is 5.02 Å². The van der Waals surface area contributed by atoms with E-state index in [4.69, 9.17) is 11.6 Å². The maximum absolute atomic E-state index is 13.0. The zero-order valence-electron chi connectivity index (χ0n) is 15.2. The second-order valence-corrected chi connectivity index (χ2v) is 7.63. The summed E-state index contributed by atoms with van der Waals surface area (Å²) in [5.74, 6) is 0.151. The van der Waals surface area contributed by atoms with Crippen LogP contribution >= 0.6 is 27.5 Å². The quantitative estimate of drug-likeness (QED) is 0.469. The SMILES string of the molecule is Cc1nc2ncccc2c(=O)n1-c1cccc(NC(=O)c2cc(Br)ccc2Cl)c1. The Labute approximate surface area is 179 Å². The van der Waals surface area contributed by atoms with E-state index < -0.39 is 0 Å². The van der Waals surface area contributed by atoms with Gasteiger partial charge in [0.15, 0.2) is 5.65 Å². The van der Waals surface area contributed by atoms with E-state index in [0.29, 0.717) is 38.8 Å². The third-order valence-corrected chi connectivity index (χ3v) is 5.17. The Bertz CT molecular complexity index is 1320. The van der Waals surface area contributed by atoms with Crippen molar-refractivity contribution >= 4 is 50.2 Å². The van der Waals surface area contributed by atoms with Gasteiger partial charge in [-0.1, -0.05) is 33.6 Å². The predicted molar refractivity (Wildman–Crippen MR) is 117 cm³/mol. The second kappa shape index (κ2) is 7.77. The molecule has 0 fully saturated rings. The Kier molecular flexibility index (Phi) is 5.17. The molecule has 0 aliphatic heterocycles. The summed E-state index contributed by atoms with van der Waals surface area (Å²) in [6.07, 6.45) is 1.60. The van der Waals surface area contributed by atoms with Gasteiger partial charge in [0.05, 0.1) is 21.7 Å². The minimum Gasteiger partial charge on any atom is -0.322 e. The van der Waals surface area contributed by atoms with E-state index in [2.05, 4.69) is 31.2 Å². The number of aromatic nitrogens is 3. The van der Waals surface area contributed by atoms with E-state index in [9.17, 15) is 9.59 Å². The van der Waals surface area contributed by atoms with Crippen LogP contribution in [0, 0.1) is 6.92 Å². The van der Waals surface area contributed by atoms with Crippen LogP contribution in [0.4, 0.5) is 5.69 Å². The molecule has 0 unspecified atom stereocenters. The van der Waals surface area contributed by atoms with Crippen molar-refractivity contribution in [2.75, 3.05) is 5.32 Å². The number of nitrogens with one attached hydrogen (secondary N) is 1. The largest absolute Gasteiger partial charge is 0.322 e. The fourth-order valence-electron chi connectivity index (χ4n) is 3.02. The molecule has 0 atom stereocenters. The van der Waals surface area contributed by atoms with Gasteiger partial charge in [-0.15, -0.1) is 0 Å². The standard InChI is InChI=1S/C21H14BrClN4O2/c1-12-25-19-16(6-3-9-24-19)21(29)27(12)15-5-2-4-14(11-15)26-20(28)17-10-13(22)7-8-18(17)23/h2-11H,1H3,(H,26,28). The summed E-state index contributed by atoms with van der Waals surface area (Å²) < 4.78 is 2.24. The van der Waals surface area contributed by atoms with Gasteiger partial charge in [0.25, 0.3) is 11.5 Å². The van der Waals surface area contributed by atoms with Gasteiger partial charge in [-0.05, 0) is 55.5 Å². The molecule has 0 aliphatic rings. The molecule has 8 heteroatoms. The van der Waals surface area contributed by atoms with Crippen molar-refractivity contribution in [3.8, 4) is 5.69 Å². The summed E-state index contributed by atoms with van der Waals surface area (Å²) in [6, 6.07) is 15.4. The molecular weight excluding hydrogens is 456 g/mol. The van der Waals surface area contributed by atoms with Gasteiger partial charge in [0.2, 0.25) is 0 Å². The predicted octanol–water partition coefficient (Wildman–Crippen LogP) is 4.76. The van der Waals surface area contributed by atoms with E-state index in [1.807, 2.05) is 0 Å². The summed E-state index contributed by atoms with van der Waals surface area (Å²) in [5.41, 5.74) is 1.64. The van der Waals surface area contributed by atoms with Gasteiger partial charge in [-0.3, -0.25) is 14.2 Å². The Hall–Kier alpha value is -3.03. The summed E-state index contributed by atoms with van der Waals surface area (Å²) in [7, 11) is 0. The Morgan fingerprint density at radius 1 is 1.14 bits per heavy atom. The number of halogens is 2. The molecule has 0 saturated heterocycles. The highest BCUT2D eigenvalue weighted by Gasteiger charge is 2.14. The lowest BCUT2D eigenvalue weighted by Gasteiger charge is -2.13. The number of hydrogen-bond donors (Lipinski definition) is 1. The van der Waals surface area contributed by atoms with Gasteiger partial charge in [0, 0.05) is 16.4 Å². The van der Waals surface area contributed by atoms with Crippen LogP contribution in [0.25, 0.3) is 16.7 Å². The summed E-state index contributed by atoms with van der Waals surface area (Å²) in [5, 5.41) is 3.59. The summed E-state index contributed by atoms with van der Waals surface area (Å²) in [4.78, 5) is 34.2. The van der Waals surface area contributed by atoms with Gasteiger partial charge < -0.3 is 5.32 Å². The first-order chi connectivity index (χ1) is 13.9. The van der Waals surface area contributed by atoms with Crippen LogP contribution < -0.4 is 10.9 Å². The molecule has 4 aromatic rings. The van der Waals surface area contributed by atoms with Crippen molar-refractivity contribution in [3.05, 3.63) is 92.0 Å². The molecule has 1 amide bonds. The summed E-state index contributed by atoms with van der Waals surface area (Å²) in [6.45, 7) is 1.74. The minimum absolute atomic E-state index is 0.223. The zero-order valence-corrected chi connectivity index (χ0v) is 17.5. The molecule has 29 heavy (non-hydrogen) atoms. The highest BCUT2D eigenvalue weighted by Crippen LogP contribution is 2.23. The number of anilines is 1. The molecule has 144 valence electrons. The third-order valence-electron chi connectivity index (χ3n) is 4.35. The highest BCUT2D eigenvalue weighted by molar-refractivity contribution is 9.10. The van der Waals surface area contributed by atoms with Gasteiger partial charge in [-0.2, -0.15) is 0 Å². The smallest absolute Gasteiger partial charge is 0.267 e. The molecule has 1 N–H and O–H groups in total. The van der Waals surface area contributed by atoms with E-state index in [1.165, 1.54) is 4.57 Å². The zero-order chi connectivity index (χ0) is 20.5. The summed E-state index contributed by atoms with van der Waals surface area (Å²) >= 11 is 9.48. The number of fused-ring (bicyclic) bond motifs is 1. The molecule has 0 bridgehead atoms. The molecular formula is C21H14BrClN4O2. The number of amides is 1. The monoisotopic (exact) mass is 468 g/mol. The number of rotatable bonds is 3. The Balaban J connectivity index is 1.73. The first kappa shape index (κ1) is 19.3. The molecule has 0 saturated carbocycles. The van der Waals surface area contributed by atoms with Crippen LogP contribution in [-0.2, 0) is 0 Å². The lowest BCUT2D eigenvalue weighted by Crippen LogP contribution is -2.23. The third kappa shape index (κ3) is 3.79. The number of carbonyl (C=O) groups excluding carboxylic acids is 1. The lowest BCUT2D eigenvalue weighted by molar-refractivity contribution is 0.102. The van der Waals surface area contributed by atoms with Crippen molar-refractivity contribution in [3.63, 3.8) is 0 Å². The van der Waals surface area contributed by atoms with E-state index in [1.54, 1.807) is 67.7 Å². The molecule has 4 rings (SSSR count). The Morgan fingerprint density at radius 2 is 1.97 bits per heavy atom. The first-order valence-electron chi connectivity index (χ1n) is 8.65. The number of carbonyl (C=O) groups is 1. The lowest BCUT2D eigenvalue weighted by atomic mass is 10.2. The van der Waals surface area contributed by atoms with Crippen molar-refractivity contribution in [2.45, 2.75) is 6.92 Å². The van der Waals surface area contributed by atoms with Crippen LogP contribution in [0.1, 0.15) is 16.2 Å². The van der Waals surface area contributed by atoms with Crippen molar-refractivity contribution in [1.82, 2.24) is 14.5 Å². The number of pyridine rings is 1. The normalized spacial score (nSPS) is 10.9. The molecule has 0 aliphatic carbocycles. The van der Waals surface area contributed by atoms with E-state index in [-0.39, 0.29) is 11.5 Å². The number of hydrogen-bond acceptors (Lipinski definition) is 4. The number of benzene rings is 2. The maximum atomic E-state index is 13.0. The van der Waals surface area contributed by atoms with Gasteiger partial charge in [0.1, 0.15) is 5.82 Å². The number of aryl methyl sites for hydroxylation is 1. The first-order valence-corrected chi connectivity index (χ1v) is 9.82. The number of nitrogens with zero attached hydrogens (tertiary/aromatic N) is 3. The fraction of sp³-hybridized carbons (Fsp3) is 0.0476. The average Bonchev–Trinajstić information content (AvgIpc) is 2.70. The van der Waals surface area contributed by atoms with Crippen LogP contribution in [-0.4, -0.2) is 20.4 Å². The minimum atomic E-state index is -0.349. The fourth-order valence-corrected chi connectivity index (χ4v) is 3.58. The van der Waals surface area contributed by atoms with Gasteiger partial charge >= 0.3 is 0 Å². The van der Waals surface area contributed by atoms with Gasteiger partial charge in [-0.25, -0.2) is 9.97 Å². The molecule has 2 aromatic heterocycles.